The van der Waals surface area contributed by atoms with E-state index in [1.807, 2.05) is 13.0 Å². The van der Waals surface area contributed by atoms with E-state index in [9.17, 15) is 18.0 Å². The van der Waals surface area contributed by atoms with Gasteiger partial charge in [0.2, 0.25) is 5.91 Å². The van der Waals surface area contributed by atoms with E-state index >= 15 is 0 Å². The predicted octanol–water partition coefficient (Wildman–Crippen LogP) is 3.67. The van der Waals surface area contributed by atoms with E-state index in [0.717, 1.165) is 5.56 Å². The Hall–Kier alpha value is -1.08. The van der Waals surface area contributed by atoms with E-state index < -0.39 is 18.7 Å². The van der Waals surface area contributed by atoms with Crippen molar-refractivity contribution in [3.8, 4) is 0 Å². The number of carbonyl (C=O) groups excluding carboxylic acids is 1. The molecule has 0 aliphatic carbocycles. The third-order valence-electron chi connectivity index (χ3n) is 2.14. The van der Waals surface area contributed by atoms with Gasteiger partial charge in [-0.2, -0.15) is 13.2 Å². The molecule has 0 unspecified atom stereocenters. The summed E-state index contributed by atoms with van der Waals surface area (Å²) in [5.74, 6) is -0.395. The molecule has 0 aromatic heterocycles. The van der Waals surface area contributed by atoms with Crippen molar-refractivity contribution in [3.63, 3.8) is 0 Å². The van der Waals surface area contributed by atoms with Crippen LogP contribution in [0.1, 0.15) is 12.0 Å². The standard InChI is InChI=1S/C12H13BrF3NO2/c1-8-2-3-9(13)10(6-8)17-11(18)4-5-19-7-12(14,15)16/h2-3,6H,4-5,7H2,1H3,(H,17,18). The fourth-order valence-electron chi connectivity index (χ4n) is 1.30. The average molecular weight is 340 g/mol. The van der Waals surface area contributed by atoms with Gasteiger partial charge in [-0.1, -0.05) is 6.07 Å². The molecule has 1 aromatic carbocycles. The molecule has 0 saturated carbocycles. The largest absolute Gasteiger partial charge is 0.411 e. The van der Waals surface area contributed by atoms with Gasteiger partial charge in [0.05, 0.1) is 18.7 Å². The summed E-state index contributed by atoms with van der Waals surface area (Å²) in [7, 11) is 0. The fourth-order valence-corrected chi connectivity index (χ4v) is 1.65. The molecule has 19 heavy (non-hydrogen) atoms. The van der Waals surface area contributed by atoms with Crippen molar-refractivity contribution >= 4 is 27.5 Å². The van der Waals surface area contributed by atoms with Crippen molar-refractivity contribution < 1.29 is 22.7 Å². The van der Waals surface area contributed by atoms with Crippen LogP contribution in [0.25, 0.3) is 0 Å². The monoisotopic (exact) mass is 339 g/mol. The summed E-state index contributed by atoms with van der Waals surface area (Å²) >= 11 is 3.27. The van der Waals surface area contributed by atoms with Crippen LogP contribution in [0.5, 0.6) is 0 Å². The van der Waals surface area contributed by atoms with Gasteiger partial charge in [0.15, 0.2) is 0 Å². The summed E-state index contributed by atoms with van der Waals surface area (Å²) in [6, 6.07) is 5.41. The van der Waals surface area contributed by atoms with E-state index in [-0.39, 0.29) is 13.0 Å². The topological polar surface area (TPSA) is 38.3 Å². The molecule has 0 radical (unpaired) electrons. The fraction of sp³-hybridized carbons (Fsp3) is 0.417. The minimum absolute atomic E-state index is 0.129. The lowest BCUT2D eigenvalue weighted by Gasteiger charge is -2.09. The van der Waals surface area contributed by atoms with E-state index in [2.05, 4.69) is 26.0 Å². The van der Waals surface area contributed by atoms with Crippen LogP contribution < -0.4 is 5.32 Å². The summed E-state index contributed by atoms with van der Waals surface area (Å²) in [4.78, 5) is 11.5. The number of alkyl halides is 3. The van der Waals surface area contributed by atoms with E-state index in [1.54, 1.807) is 12.1 Å². The number of halogens is 4. The molecular weight excluding hydrogens is 327 g/mol. The molecule has 0 aliphatic heterocycles. The van der Waals surface area contributed by atoms with Crippen molar-refractivity contribution in [1.29, 1.82) is 0 Å². The summed E-state index contributed by atoms with van der Waals surface area (Å²) in [5.41, 5.74) is 1.55. The van der Waals surface area contributed by atoms with E-state index in [1.165, 1.54) is 0 Å². The normalized spacial score (nSPS) is 11.4. The Morgan fingerprint density at radius 1 is 1.42 bits per heavy atom. The van der Waals surface area contributed by atoms with Crippen LogP contribution in [-0.4, -0.2) is 25.3 Å². The van der Waals surface area contributed by atoms with Gasteiger partial charge in [-0.3, -0.25) is 4.79 Å². The molecule has 0 fully saturated rings. The van der Waals surface area contributed by atoms with Crippen LogP contribution in [0.3, 0.4) is 0 Å². The van der Waals surface area contributed by atoms with Crippen LogP contribution in [0, 0.1) is 6.92 Å². The second-order valence-electron chi connectivity index (χ2n) is 3.95. The van der Waals surface area contributed by atoms with Crippen molar-refractivity contribution in [1.82, 2.24) is 0 Å². The number of benzene rings is 1. The quantitative estimate of drug-likeness (QED) is 0.831. The van der Waals surface area contributed by atoms with Gasteiger partial charge in [0.1, 0.15) is 6.61 Å². The zero-order chi connectivity index (χ0) is 14.5. The van der Waals surface area contributed by atoms with Gasteiger partial charge in [0.25, 0.3) is 0 Å². The Labute approximate surface area is 117 Å². The minimum Gasteiger partial charge on any atom is -0.372 e. The van der Waals surface area contributed by atoms with E-state index in [0.29, 0.717) is 10.2 Å². The van der Waals surface area contributed by atoms with Gasteiger partial charge >= 0.3 is 6.18 Å². The second kappa shape index (κ2) is 6.91. The van der Waals surface area contributed by atoms with Gasteiger partial charge in [0, 0.05) is 4.47 Å². The van der Waals surface area contributed by atoms with Crippen LogP contribution in [0.15, 0.2) is 22.7 Å². The Morgan fingerprint density at radius 2 is 2.11 bits per heavy atom. The SMILES string of the molecule is Cc1ccc(Br)c(NC(=O)CCOCC(F)(F)F)c1. The highest BCUT2D eigenvalue weighted by atomic mass is 79.9. The molecule has 0 aliphatic rings. The van der Waals surface area contributed by atoms with Gasteiger partial charge in [-0.05, 0) is 40.5 Å². The molecule has 3 nitrogen and oxygen atoms in total. The van der Waals surface area contributed by atoms with Crippen molar-refractivity contribution in [3.05, 3.63) is 28.2 Å². The maximum absolute atomic E-state index is 11.8. The number of nitrogens with one attached hydrogen (secondary N) is 1. The number of amides is 1. The van der Waals surface area contributed by atoms with Crippen LogP contribution >= 0.6 is 15.9 Å². The molecule has 0 saturated heterocycles. The minimum atomic E-state index is -4.37. The molecule has 1 rings (SSSR count). The van der Waals surface area contributed by atoms with Gasteiger partial charge in [-0.15, -0.1) is 0 Å². The first-order valence-corrected chi connectivity index (χ1v) is 6.28. The lowest BCUT2D eigenvalue weighted by molar-refractivity contribution is -0.174. The highest BCUT2D eigenvalue weighted by Gasteiger charge is 2.27. The number of carbonyl (C=O) groups is 1. The second-order valence-corrected chi connectivity index (χ2v) is 4.80. The molecule has 7 heteroatoms. The van der Waals surface area contributed by atoms with Gasteiger partial charge in [-0.25, -0.2) is 0 Å². The number of anilines is 1. The summed E-state index contributed by atoms with van der Waals surface area (Å²) in [5, 5.41) is 2.60. The third-order valence-corrected chi connectivity index (χ3v) is 2.83. The lowest BCUT2D eigenvalue weighted by atomic mass is 10.2. The number of aryl methyl sites for hydroxylation is 1. The predicted molar refractivity (Wildman–Crippen MR) is 69.0 cm³/mol. The number of ether oxygens (including phenoxy) is 1. The molecule has 1 N–H and O–H groups in total. The van der Waals surface area contributed by atoms with Gasteiger partial charge < -0.3 is 10.1 Å². The molecule has 0 bridgehead atoms. The Kier molecular flexibility index (Phi) is 5.81. The summed E-state index contributed by atoms with van der Waals surface area (Å²) in [6.07, 6.45) is -4.49. The van der Waals surface area contributed by atoms with Crippen LogP contribution in [0.2, 0.25) is 0 Å². The lowest BCUT2D eigenvalue weighted by Crippen LogP contribution is -2.20. The smallest absolute Gasteiger partial charge is 0.372 e. The van der Waals surface area contributed by atoms with Crippen LogP contribution in [-0.2, 0) is 9.53 Å². The summed E-state index contributed by atoms with van der Waals surface area (Å²) in [6.45, 7) is 0.262. The Balaban J connectivity index is 2.37. The van der Waals surface area contributed by atoms with Crippen molar-refractivity contribution in [2.75, 3.05) is 18.5 Å². The zero-order valence-electron chi connectivity index (χ0n) is 10.2. The van der Waals surface area contributed by atoms with Crippen molar-refractivity contribution in [2.24, 2.45) is 0 Å². The molecule has 1 amide bonds. The number of hydrogen-bond donors (Lipinski definition) is 1. The highest BCUT2D eigenvalue weighted by Crippen LogP contribution is 2.23. The average Bonchev–Trinajstić information content (AvgIpc) is 2.28. The van der Waals surface area contributed by atoms with Crippen LogP contribution in [0.4, 0.5) is 18.9 Å². The highest BCUT2D eigenvalue weighted by molar-refractivity contribution is 9.10. The first-order valence-electron chi connectivity index (χ1n) is 5.48. The summed E-state index contributed by atoms with van der Waals surface area (Å²) < 4.78 is 40.5. The molecular formula is C12H13BrF3NO2. The molecule has 0 heterocycles. The first-order chi connectivity index (χ1) is 8.78. The Bertz CT molecular complexity index is 449. The first kappa shape index (κ1) is 16.0. The number of hydrogen-bond acceptors (Lipinski definition) is 2. The maximum atomic E-state index is 11.8. The van der Waals surface area contributed by atoms with E-state index in [4.69, 9.17) is 0 Å². The van der Waals surface area contributed by atoms with Crippen molar-refractivity contribution in [2.45, 2.75) is 19.5 Å². The molecule has 106 valence electrons. The maximum Gasteiger partial charge on any atom is 0.411 e. The Morgan fingerprint density at radius 3 is 2.74 bits per heavy atom. The molecule has 0 spiro atoms. The third kappa shape index (κ3) is 6.58. The zero-order valence-corrected chi connectivity index (χ0v) is 11.8. The number of rotatable bonds is 5. The molecule has 1 aromatic rings. The molecule has 0 atom stereocenters.